The van der Waals surface area contributed by atoms with Gasteiger partial charge in [0, 0.05) is 18.8 Å². The van der Waals surface area contributed by atoms with Gasteiger partial charge < -0.3 is 15.3 Å². The van der Waals surface area contributed by atoms with E-state index in [9.17, 15) is 18.3 Å². The Morgan fingerprint density at radius 3 is 2.35 bits per heavy atom. The fourth-order valence-corrected chi connectivity index (χ4v) is 1.96. The van der Waals surface area contributed by atoms with Crippen molar-refractivity contribution >= 4 is 5.69 Å². The summed E-state index contributed by atoms with van der Waals surface area (Å²) in [4.78, 5) is 2.02. The van der Waals surface area contributed by atoms with Crippen molar-refractivity contribution in [2.75, 3.05) is 31.5 Å². The van der Waals surface area contributed by atoms with Gasteiger partial charge in [-0.25, -0.2) is 0 Å². The van der Waals surface area contributed by atoms with E-state index in [0.29, 0.717) is 6.54 Å². The lowest BCUT2D eigenvalue weighted by Crippen LogP contribution is -2.36. The van der Waals surface area contributed by atoms with Crippen LogP contribution in [-0.2, 0) is 6.18 Å². The first-order valence-corrected chi connectivity index (χ1v) is 6.69. The minimum atomic E-state index is -4.40. The first-order valence-electron chi connectivity index (χ1n) is 6.69. The number of benzene rings is 1. The second-order valence-corrected chi connectivity index (χ2v) is 4.56. The maximum atomic E-state index is 12.8. The summed E-state index contributed by atoms with van der Waals surface area (Å²) in [6.45, 7) is 6.07. The molecule has 0 spiro atoms. The molecule has 20 heavy (non-hydrogen) atoms. The lowest BCUT2D eigenvalue weighted by atomic mass is 10.1. The van der Waals surface area contributed by atoms with Crippen LogP contribution in [0.4, 0.5) is 18.9 Å². The lowest BCUT2D eigenvalue weighted by molar-refractivity contribution is -0.137. The van der Waals surface area contributed by atoms with Gasteiger partial charge in [-0.1, -0.05) is 26.0 Å². The average molecular weight is 290 g/mol. The molecule has 1 rings (SSSR count). The van der Waals surface area contributed by atoms with Gasteiger partial charge in [-0.3, -0.25) is 0 Å². The molecule has 0 amide bonds. The largest absolute Gasteiger partial charge is 0.418 e. The predicted molar refractivity (Wildman–Crippen MR) is 73.7 cm³/mol. The number of nitrogens with zero attached hydrogens (tertiary/aromatic N) is 1. The molecule has 0 heterocycles. The standard InChI is InChI=1S/C14H21F3N2O/c1-3-19(4-2)10-11(20)9-18-13-8-6-5-7-12(13)14(15,16)17/h5-8,11,18,20H,3-4,9-10H2,1-2H3. The maximum absolute atomic E-state index is 12.8. The van der Waals surface area contributed by atoms with Crippen molar-refractivity contribution in [3.8, 4) is 0 Å². The molecule has 0 aliphatic heterocycles. The van der Waals surface area contributed by atoms with Crippen LogP contribution >= 0.6 is 0 Å². The Bertz CT molecular complexity index is 406. The predicted octanol–water partition coefficient (Wildman–Crippen LogP) is 2.82. The molecule has 1 unspecified atom stereocenters. The Morgan fingerprint density at radius 1 is 1.20 bits per heavy atom. The molecule has 0 aliphatic rings. The third-order valence-electron chi connectivity index (χ3n) is 3.12. The summed E-state index contributed by atoms with van der Waals surface area (Å²) in [7, 11) is 0. The molecule has 0 radical (unpaired) electrons. The molecule has 0 aliphatic carbocycles. The minimum absolute atomic E-state index is 0.00130. The summed E-state index contributed by atoms with van der Waals surface area (Å²) in [5.74, 6) is 0. The molecule has 1 aromatic carbocycles. The van der Waals surface area contributed by atoms with Crippen LogP contribution in [0.15, 0.2) is 24.3 Å². The highest BCUT2D eigenvalue weighted by Crippen LogP contribution is 2.34. The number of rotatable bonds is 7. The van der Waals surface area contributed by atoms with E-state index < -0.39 is 17.8 Å². The maximum Gasteiger partial charge on any atom is 0.418 e. The summed E-state index contributed by atoms with van der Waals surface area (Å²) in [6.07, 6.45) is -5.11. The van der Waals surface area contributed by atoms with E-state index in [1.165, 1.54) is 18.2 Å². The molecule has 0 bridgehead atoms. The molecular formula is C14H21F3N2O. The quantitative estimate of drug-likeness (QED) is 0.810. The third-order valence-corrected chi connectivity index (χ3v) is 3.12. The zero-order valence-corrected chi connectivity index (χ0v) is 11.7. The molecule has 0 fully saturated rings. The van der Waals surface area contributed by atoms with Gasteiger partial charge >= 0.3 is 6.18 Å². The van der Waals surface area contributed by atoms with Gasteiger partial charge in [-0.2, -0.15) is 13.2 Å². The van der Waals surface area contributed by atoms with E-state index in [-0.39, 0.29) is 12.2 Å². The number of hydrogen-bond acceptors (Lipinski definition) is 3. The van der Waals surface area contributed by atoms with Crippen LogP contribution in [0.2, 0.25) is 0 Å². The van der Waals surface area contributed by atoms with E-state index in [2.05, 4.69) is 5.32 Å². The fourth-order valence-electron chi connectivity index (χ4n) is 1.96. The van der Waals surface area contributed by atoms with Crippen LogP contribution in [0.1, 0.15) is 19.4 Å². The van der Waals surface area contributed by atoms with Gasteiger partial charge in [0.2, 0.25) is 0 Å². The highest BCUT2D eigenvalue weighted by Gasteiger charge is 2.33. The van der Waals surface area contributed by atoms with E-state index >= 15 is 0 Å². The lowest BCUT2D eigenvalue weighted by Gasteiger charge is -2.23. The summed E-state index contributed by atoms with van der Waals surface area (Å²) < 4.78 is 38.3. The van der Waals surface area contributed by atoms with E-state index in [4.69, 9.17) is 0 Å². The second kappa shape index (κ2) is 7.50. The Kier molecular flexibility index (Phi) is 6.29. The van der Waals surface area contributed by atoms with Crippen molar-refractivity contribution in [1.82, 2.24) is 4.90 Å². The SMILES string of the molecule is CCN(CC)CC(O)CNc1ccccc1C(F)(F)F. The summed E-state index contributed by atoms with van der Waals surface area (Å²) in [5.41, 5.74) is -0.714. The van der Waals surface area contributed by atoms with Gasteiger partial charge in [-0.15, -0.1) is 0 Å². The van der Waals surface area contributed by atoms with Gasteiger partial charge in [0.05, 0.1) is 11.7 Å². The number of halogens is 3. The second-order valence-electron chi connectivity index (χ2n) is 4.56. The molecule has 6 heteroatoms. The van der Waals surface area contributed by atoms with Crippen molar-refractivity contribution in [3.05, 3.63) is 29.8 Å². The normalized spacial score (nSPS) is 13.6. The highest BCUT2D eigenvalue weighted by atomic mass is 19.4. The number of hydrogen-bond donors (Lipinski definition) is 2. The van der Waals surface area contributed by atoms with Crippen molar-refractivity contribution < 1.29 is 18.3 Å². The minimum Gasteiger partial charge on any atom is -0.390 e. The van der Waals surface area contributed by atoms with Crippen molar-refractivity contribution in [3.63, 3.8) is 0 Å². The van der Waals surface area contributed by atoms with Crippen LogP contribution in [0, 0.1) is 0 Å². The smallest absolute Gasteiger partial charge is 0.390 e. The Labute approximate surface area is 117 Å². The molecule has 1 atom stereocenters. The first kappa shape index (κ1) is 16.8. The summed E-state index contributed by atoms with van der Waals surface area (Å²) in [5, 5.41) is 12.5. The van der Waals surface area contributed by atoms with Crippen molar-refractivity contribution in [1.29, 1.82) is 0 Å². The van der Waals surface area contributed by atoms with Crippen LogP contribution in [0.3, 0.4) is 0 Å². The highest BCUT2D eigenvalue weighted by molar-refractivity contribution is 5.52. The summed E-state index contributed by atoms with van der Waals surface area (Å²) in [6, 6.07) is 5.28. The average Bonchev–Trinajstić information content (AvgIpc) is 2.41. The first-order chi connectivity index (χ1) is 9.38. The number of likely N-dealkylation sites (N-methyl/N-ethyl adjacent to an activating group) is 1. The van der Waals surface area contributed by atoms with E-state index in [1.807, 2.05) is 18.7 Å². The number of alkyl halides is 3. The topological polar surface area (TPSA) is 35.5 Å². The molecule has 3 nitrogen and oxygen atoms in total. The van der Waals surface area contributed by atoms with Crippen LogP contribution in [-0.4, -0.2) is 42.3 Å². The Morgan fingerprint density at radius 2 is 1.80 bits per heavy atom. The van der Waals surface area contributed by atoms with Crippen LogP contribution in [0.25, 0.3) is 0 Å². The number of para-hydroxylation sites is 1. The number of aliphatic hydroxyl groups is 1. The zero-order valence-electron chi connectivity index (χ0n) is 11.7. The Hall–Kier alpha value is -1.27. The van der Waals surface area contributed by atoms with E-state index in [0.717, 1.165) is 19.2 Å². The number of anilines is 1. The molecule has 114 valence electrons. The molecular weight excluding hydrogens is 269 g/mol. The van der Waals surface area contributed by atoms with Gasteiger partial charge in [0.15, 0.2) is 0 Å². The van der Waals surface area contributed by atoms with Crippen molar-refractivity contribution in [2.45, 2.75) is 26.1 Å². The van der Waals surface area contributed by atoms with Crippen molar-refractivity contribution in [2.24, 2.45) is 0 Å². The molecule has 0 saturated carbocycles. The summed E-state index contributed by atoms with van der Waals surface area (Å²) >= 11 is 0. The zero-order chi connectivity index (χ0) is 15.2. The van der Waals surface area contributed by atoms with E-state index in [1.54, 1.807) is 0 Å². The fraction of sp³-hybridized carbons (Fsp3) is 0.571. The molecule has 0 saturated heterocycles. The van der Waals surface area contributed by atoms with Gasteiger partial charge in [0.1, 0.15) is 0 Å². The third kappa shape index (κ3) is 5.02. The van der Waals surface area contributed by atoms with Crippen LogP contribution < -0.4 is 5.32 Å². The monoisotopic (exact) mass is 290 g/mol. The number of aliphatic hydroxyl groups excluding tert-OH is 1. The Balaban J connectivity index is 2.62. The van der Waals surface area contributed by atoms with Crippen LogP contribution in [0.5, 0.6) is 0 Å². The molecule has 0 aromatic heterocycles. The molecule has 1 aromatic rings. The van der Waals surface area contributed by atoms with Gasteiger partial charge in [-0.05, 0) is 25.2 Å². The number of nitrogens with one attached hydrogen (secondary N) is 1. The van der Waals surface area contributed by atoms with Gasteiger partial charge in [0.25, 0.3) is 0 Å². The molecule has 2 N–H and O–H groups in total.